The van der Waals surface area contributed by atoms with Crippen molar-refractivity contribution in [3.63, 3.8) is 0 Å². The van der Waals surface area contributed by atoms with Crippen LogP contribution < -0.4 is 4.74 Å². The molecule has 3 heteroatoms. The Labute approximate surface area is 120 Å². The van der Waals surface area contributed by atoms with Gasteiger partial charge in [-0.05, 0) is 29.9 Å². The van der Waals surface area contributed by atoms with Crippen molar-refractivity contribution in [2.24, 2.45) is 0 Å². The third-order valence-electron chi connectivity index (χ3n) is 2.63. The van der Waals surface area contributed by atoms with Crippen LogP contribution in [0.4, 0.5) is 0 Å². The van der Waals surface area contributed by atoms with E-state index in [4.69, 9.17) is 9.84 Å². The Morgan fingerprint density at radius 2 is 2.21 bits per heavy atom. The lowest BCUT2D eigenvalue weighted by Crippen LogP contribution is -1.91. The van der Waals surface area contributed by atoms with Gasteiger partial charge >= 0.3 is 0 Å². The van der Waals surface area contributed by atoms with Gasteiger partial charge in [-0.2, -0.15) is 11.8 Å². The van der Waals surface area contributed by atoms with Gasteiger partial charge in [0.1, 0.15) is 5.75 Å². The van der Waals surface area contributed by atoms with Crippen LogP contribution in [0.25, 0.3) is 0 Å². The minimum absolute atomic E-state index is 0.0991. The highest BCUT2D eigenvalue weighted by atomic mass is 32.2. The van der Waals surface area contributed by atoms with Crippen LogP contribution in [0.15, 0.2) is 18.2 Å². The zero-order chi connectivity index (χ0) is 13.9. The van der Waals surface area contributed by atoms with E-state index < -0.39 is 0 Å². The Bertz CT molecular complexity index is 432. The van der Waals surface area contributed by atoms with E-state index in [2.05, 4.69) is 30.9 Å². The van der Waals surface area contributed by atoms with Crippen molar-refractivity contribution in [3.05, 3.63) is 29.3 Å². The van der Waals surface area contributed by atoms with E-state index in [1.165, 1.54) is 24.2 Å². The predicted molar refractivity (Wildman–Crippen MR) is 82.6 cm³/mol. The molecule has 0 saturated carbocycles. The largest absolute Gasteiger partial charge is 0.495 e. The summed E-state index contributed by atoms with van der Waals surface area (Å²) < 4.78 is 5.30. The maximum atomic E-state index is 8.75. The van der Waals surface area contributed by atoms with Crippen LogP contribution in [0.5, 0.6) is 5.75 Å². The number of hydrogen-bond acceptors (Lipinski definition) is 3. The van der Waals surface area contributed by atoms with Gasteiger partial charge in [-0.25, -0.2) is 0 Å². The van der Waals surface area contributed by atoms with Gasteiger partial charge in [0, 0.05) is 12.2 Å². The van der Waals surface area contributed by atoms with Crippen molar-refractivity contribution < 1.29 is 9.84 Å². The van der Waals surface area contributed by atoms with Crippen molar-refractivity contribution in [3.8, 4) is 17.6 Å². The van der Waals surface area contributed by atoms with E-state index in [1.54, 1.807) is 7.11 Å². The first-order valence-electron chi connectivity index (χ1n) is 6.66. The summed E-state index contributed by atoms with van der Waals surface area (Å²) in [5, 5.41) is 8.75. The average Bonchev–Trinajstić information content (AvgIpc) is 2.44. The molecule has 0 amide bonds. The van der Waals surface area contributed by atoms with Gasteiger partial charge in [-0.1, -0.05) is 31.3 Å². The Hall–Kier alpha value is -1.11. The Morgan fingerprint density at radius 3 is 2.89 bits per heavy atom. The molecule has 19 heavy (non-hydrogen) atoms. The molecule has 104 valence electrons. The van der Waals surface area contributed by atoms with Crippen LogP contribution in [-0.4, -0.2) is 24.6 Å². The number of aliphatic hydroxyl groups is 1. The van der Waals surface area contributed by atoms with Gasteiger partial charge in [0.25, 0.3) is 0 Å². The lowest BCUT2D eigenvalue weighted by Gasteiger charge is -2.06. The van der Waals surface area contributed by atoms with Crippen LogP contribution >= 0.6 is 11.8 Å². The monoisotopic (exact) mass is 278 g/mol. The van der Waals surface area contributed by atoms with Crippen molar-refractivity contribution in [1.82, 2.24) is 0 Å². The molecule has 0 heterocycles. The highest BCUT2D eigenvalue weighted by Gasteiger charge is 2.02. The average molecular weight is 278 g/mol. The Balaban J connectivity index is 2.69. The molecule has 0 radical (unpaired) electrons. The summed E-state index contributed by atoms with van der Waals surface area (Å²) in [5.41, 5.74) is 2.18. The maximum absolute atomic E-state index is 8.75. The molecule has 0 atom stereocenters. The predicted octanol–water partition coefficient (Wildman–Crippen LogP) is 3.46. The van der Waals surface area contributed by atoms with Crippen LogP contribution in [0, 0.1) is 11.8 Å². The molecule has 1 rings (SSSR count). The molecule has 0 aliphatic carbocycles. The third kappa shape index (κ3) is 6.04. The van der Waals surface area contributed by atoms with Gasteiger partial charge in [0.2, 0.25) is 0 Å². The van der Waals surface area contributed by atoms with Crippen LogP contribution in [0.2, 0.25) is 0 Å². The van der Waals surface area contributed by atoms with Gasteiger partial charge in [0.15, 0.2) is 0 Å². The number of methoxy groups -OCH3 is 1. The first kappa shape index (κ1) is 15.9. The summed E-state index contributed by atoms with van der Waals surface area (Å²) >= 11 is 1.95. The quantitative estimate of drug-likeness (QED) is 0.612. The SMILES string of the molecule is CCCCSCc1ccc(OC)c(C#CCCO)c1. The number of aliphatic hydroxyl groups excluding tert-OH is 1. The lowest BCUT2D eigenvalue weighted by molar-refractivity contribution is 0.305. The number of unbranched alkanes of at least 4 members (excludes halogenated alkanes) is 1. The Morgan fingerprint density at radius 1 is 1.37 bits per heavy atom. The smallest absolute Gasteiger partial charge is 0.134 e. The summed E-state index contributed by atoms with van der Waals surface area (Å²) in [6, 6.07) is 6.15. The molecule has 0 aliphatic heterocycles. The number of hydrogen-bond donors (Lipinski definition) is 1. The van der Waals surface area contributed by atoms with Crippen LogP contribution in [0.1, 0.15) is 37.3 Å². The van der Waals surface area contributed by atoms with Gasteiger partial charge in [0.05, 0.1) is 19.3 Å². The standard InChI is InChI=1S/C16H22O2S/c1-3-4-11-19-13-14-8-9-16(18-2)15(12-14)7-5-6-10-17/h8-9,12,17H,3-4,6,10-11,13H2,1-2H3. The molecule has 1 aromatic carbocycles. The molecule has 0 spiro atoms. The molecule has 0 unspecified atom stereocenters. The molecule has 0 aromatic heterocycles. The molecular formula is C16H22O2S. The van der Waals surface area contributed by atoms with Crippen molar-refractivity contribution >= 4 is 11.8 Å². The van der Waals surface area contributed by atoms with Crippen molar-refractivity contribution in [2.45, 2.75) is 31.9 Å². The highest BCUT2D eigenvalue weighted by molar-refractivity contribution is 7.98. The first-order chi connectivity index (χ1) is 9.31. The van der Waals surface area contributed by atoms with Crippen LogP contribution in [-0.2, 0) is 5.75 Å². The maximum Gasteiger partial charge on any atom is 0.134 e. The fourth-order valence-corrected chi connectivity index (χ4v) is 2.65. The van der Waals surface area contributed by atoms with E-state index in [-0.39, 0.29) is 6.61 Å². The minimum Gasteiger partial charge on any atom is -0.495 e. The second kappa shape index (κ2) is 9.77. The van der Waals surface area contributed by atoms with Gasteiger partial charge in [-0.15, -0.1) is 0 Å². The highest BCUT2D eigenvalue weighted by Crippen LogP contribution is 2.22. The van der Waals surface area contributed by atoms with Gasteiger partial charge in [-0.3, -0.25) is 0 Å². The minimum atomic E-state index is 0.0991. The molecular weight excluding hydrogens is 256 g/mol. The molecule has 2 nitrogen and oxygen atoms in total. The molecule has 1 N–H and O–H groups in total. The summed E-state index contributed by atoms with van der Waals surface area (Å²) in [6.07, 6.45) is 3.01. The molecule has 0 aliphatic rings. The summed E-state index contributed by atoms with van der Waals surface area (Å²) in [4.78, 5) is 0. The number of rotatable bonds is 7. The molecule has 0 saturated heterocycles. The van der Waals surface area contributed by atoms with Crippen molar-refractivity contribution in [1.29, 1.82) is 0 Å². The number of benzene rings is 1. The Kier molecular flexibility index (Phi) is 8.20. The van der Waals surface area contributed by atoms with Crippen LogP contribution in [0.3, 0.4) is 0 Å². The molecule has 0 bridgehead atoms. The normalized spacial score (nSPS) is 9.84. The topological polar surface area (TPSA) is 29.5 Å². The van der Waals surface area contributed by atoms with Gasteiger partial charge < -0.3 is 9.84 Å². The number of thioether (sulfide) groups is 1. The lowest BCUT2D eigenvalue weighted by atomic mass is 10.1. The fourth-order valence-electron chi connectivity index (χ4n) is 1.59. The third-order valence-corrected chi connectivity index (χ3v) is 3.75. The van der Waals surface area contributed by atoms with E-state index in [9.17, 15) is 0 Å². The number of ether oxygens (including phenoxy) is 1. The zero-order valence-corrected chi connectivity index (χ0v) is 12.6. The van der Waals surface area contributed by atoms with E-state index in [0.717, 1.165) is 17.1 Å². The first-order valence-corrected chi connectivity index (χ1v) is 7.81. The summed E-state index contributed by atoms with van der Waals surface area (Å²) in [5.74, 6) is 9.02. The van der Waals surface area contributed by atoms with E-state index >= 15 is 0 Å². The second-order valence-corrected chi connectivity index (χ2v) is 5.32. The fraction of sp³-hybridized carbons (Fsp3) is 0.500. The van der Waals surface area contributed by atoms with Crippen molar-refractivity contribution in [2.75, 3.05) is 19.5 Å². The molecule has 0 fully saturated rings. The van der Waals surface area contributed by atoms with E-state index in [1.807, 2.05) is 17.8 Å². The molecule has 1 aromatic rings. The zero-order valence-electron chi connectivity index (χ0n) is 11.7. The summed E-state index contributed by atoms with van der Waals surface area (Å²) in [7, 11) is 1.65. The second-order valence-electron chi connectivity index (χ2n) is 4.22. The summed E-state index contributed by atoms with van der Waals surface area (Å²) in [6.45, 7) is 2.31. The van der Waals surface area contributed by atoms with E-state index in [0.29, 0.717) is 6.42 Å².